The van der Waals surface area contributed by atoms with Crippen molar-refractivity contribution < 1.29 is 9.53 Å². The van der Waals surface area contributed by atoms with Crippen LogP contribution >= 0.6 is 0 Å². The first-order valence-corrected chi connectivity index (χ1v) is 4.77. The summed E-state index contributed by atoms with van der Waals surface area (Å²) in [7, 11) is 0. The van der Waals surface area contributed by atoms with Gasteiger partial charge in [-0.05, 0) is 12.8 Å². The third kappa shape index (κ3) is 7.32. The van der Waals surface area contributed by atoms with Crippen molar-refractivity contribution in [3.05, 3.63) is 0 Å². The summed E-state index contributed by atoms with van der Waals surface area (Å²) in [6.07, 6.45) is 4.53. The van der Waals surface area contributed by atoms with Crippen LogP contribution in [0.3, 0.4) is 0 Å². The van der Waals surface area contributed by atoms with Crippen molar-refractivity contribution in [1.82, 2.24) is 0 Å². The molecule has 0 unspecified atom stereocenters. The zero-order valence-corrected chi connectivity index (χ0v) is 8.38. The highest BCUT2D eigenvalue weighted by Crippen LogP contribution is 2.07. The van der Waals surface area contributed by atoms with Crippen molar-refractivity contribution >= 4 is 5.97 Å². The van der Waals surface area contributed by atoms with E-state index >= 15 is 0 Å². The van der Waals surface area contributed by atoms with Crippen molar-refractivity contribution in [2.45, 2.75) is 52.1 Å². The topological polar surface area (TPSA) is 50.1 Å². The van der Waals surface area contributed by atoms with Crippen LogP contribution in [0.25, 0.3) is 0 Å². The van der Waals surface area contributed by atoms with Crippen LogP contribution in [0.15, 0.2) is 0 Å². The van der Waals surface area contributed by atoms with E-state index in [1.165, 1.54) is 19.8 Å². The minimum Gasteiger partial charge on any atom is -0.447 e. The predicted octanol–water partition coefficient (Wildman–Crippen LogP) is 2.41. The number of nitriles is 1. The highest BCUT2D eigenvalue weighted by Gasteiger charge is 2.09. The maximum atomic E-state index is 10.5. The first-order valence-electron chi connectivity index (χ1n) is 4.77. The number of hydrogen-bond donors (Lipinski definition) is 0. The number of rotatable bonds is 6. The number of esters is 1. The fourth-order valence-corrected chi connectivity index (χ4v) is 1.11. The highest BCUT2D eigenvalue weighted by molar-refractivity contribution is 5.66. The summed E-state index contributed by atoms with van der Waals surface area (Å²) in [6, 6.07) is 1.97. The lowest BCUT2D eigenvalue weighted by molar-refractivity contribution is -0.144. The molecule has 0 aliphatic rings. The Morgan fingerprint density at radius 3 is 2.62 bits per heavy atom. The van der Waals surface area contributed by atoms with Crippen LogP contribution in [0.5, 0.6) is 0 Å². The van der Waals surface area contributed by atoms with E-state index in [0.717, 1.165) is 12.8 Å². The summed E-state index contributed by atoms with van der Waals surface area (Å²) in [4.78, 5) is 10.5. The largest absolute Gasteiger partial charge is 0.447 e. The molecule has 0 saturated carbocycles. The second-order valence-electron chi connectivity index (χ2n) is 3.08. The van der Waals surface area contributed by atoms with Gasteiger partial charge in [0.15, 0.2) is 6.10 Å². The Bertz CT molecular complexity index is 184. The van der Waals surface area contributed by atoms with Crippen LogP contribution in [0.4, 0.5) is 0 Å². The van der Waals surface area contributed by atoms with E-state index in [2.05, 4.69) is 6.92 Å². The molecular formula is C10H17NO2. The van der Waals surface area contributed by atoms with E-state index in [1.807, 2.05) is 6.07 Å². The van der Waals surface area contributed by atoms with E-state index < -0.39 is 6.10 Å². The Labute approximate surface area is 79.7 Å². The zero-order valence-electron chi connectivity index (χ0n) is 8.38. The Morgan fingerprint density at radius 2 is 2.15 bits per heavy atom. The maximum absolute atomic E-state index is 10.5. The van der Waals surface area contributed by atoms with Gasteiger partial charge in [0.05, 0.1) is 0 Å². The van der Waals surface area contributed by atoms with Crippen molar-refractivity contribution in [3.8, 4) is 6.07 Å². The van der Waals surface area contributed by atoms with Crippen LogP contribution < -0.4 is 0 Å². The van der Waals surface area contributed by atoms with Crippen molar-refractivity contribution in [2.24, 2.45) is 0 Å². The molecule has 0 heterocycles. The van der Waals surface area contributed by atoms with Gasteiger partial charge in [0.25, 0.3) is 0 Å². The fraction of sp³-hybridized carbons (Fsp3) is 0.800. The van der Waals surface area contributed by atoms with E-state index in [0.29, 0.717) is 6.42 Å². The van der Waals surface area contributed by atoms with Crippen molar-refractivity contribution in [1.29, 1.82) is 5.26 Å². The number of unbranched alkanes of at least 4 members (excludes halogenated alkanes) is 3. The molecule has 0 radical (unpaired) electrons. The Morgan fingerprint density at radius 1 is 1.46 bits per heavy atom. The molecule has 0 aromatic heterocycles. The average Bonchev–Trinajstić information content (AvgIpc) is 2.09. The molecule has 0 rings (SSSR count). The van der Waals surface area contributed by atoms with Gasteiger partial charge in [-0.25, -0.2) is 0 Å². The third-order valence-corrected chi connectivity index (χ3v) is 1.77. The summed E-state index contributed by atoms with van der Waals surface area (Å²) in [5.41, 5.74) is 0. The van der Waals surface area contributed by atoms with Crippen LogP contribution in [-0.4, -0.2) is 12.1 Å². The second kappa shape index (κ2) is 7.60. The number of carbonyl (C=O) groups is 1. The van der Waals surface area contributed by atoms with Gasteiger partial charge in [-0.1, -0.05) is 26.2 Å². The SMILES string of the molecule is CCCCCC[C@H](C#N)OC(C)=O. The first-order chi connectivity index (χ1) is 6.20. The summed E-state index contributed by atoms with van der Waals surface area (Å²) in [6.45, 7) is 3.46. The molecule has 3 nitrogen and oxygen atoms in total. The molecule has 0 aromatic rings. The van der Waals surface area contributed by atoms with E-state index in [9.17, 15) is 4.79 Å². The smallest absolute Gasteiger partial charge is 0.303 e. The molecule has 0 aliphatic heterocycles. The molecule has 0 spiro atoms. The monoisotopic (exact) mass is 183 g/mol. The quantitative estimate of drug-likeness (QED) is 0.469. The number of carbonyl (C=O) groups excluding carboxylic acids is 1. The van der Waals surface area contributed by atoms with Gasteiger partial charge in [-0.15, -0.1) is 0 Å². The van der Waals surface area contributed by atoms with Gasteiger partial charge in [0, 0.05) is 6.92 Å². The fourth-order valence-electron chi connectivity index (χ4n) is 1.11. The first kappa shape index (κ1) is 12.0. The second-order valence-corrected chi connectivity index (χ2v) is 3.08. The molecule has 0 amide bonds. The Kier molecular flexibility index (Phi) is 6.99. The summed E-state index contributed by atoms with van der Waals surface area (Å²) >= 11 is 0. The van der Waals surface area contributed by atoms with Crippen LogP contribution in [-0.2, 0) is 9.53 Å². The lowest BCUT2D eigenvalue weighted by Gasteiger charge is -2.08. The van der Waals surface area contributed by atoms with Gasteiger partial charge in [-0.2, -0.15) is 5.26 Å². The molecule has 74 valence electrons. The minimum absolute atomic E-state index is 0.373. The van der Waals surface area contributed by atoms with Crippen LogP contribution in [0, 0.1) is 11.3 Å². The van der Waals surface area contributed by atoms with Gasteiger partial charge >= 0.3 is 5.97 Å². The molecule has 0 N–H and O–H groups in total. The number of nitrogens with zero attached hydrogens (tertiary/aromatic N) is 1. The summed E-state index contributed by atoms with van der Waals surface area (Å²) < 4.78 is 4.78. The molecule has 13 heavy (non-hydrogen) atoms. The predicted molar refractivity (Wildman–Crippen MR) is 49.9 cm³/mol. The van der Waals surface area contributed by atoms with Crippen LogP contribution in [0.2, 0.25) is 0 Å². The minimum atomic E-state index is -0.547. The molecule has 0 fully saturated rings. The Hall–Kier alpha value is -1.04. The van der Waals surface area contributed by atoms with Crippen molar-refractivity contribution in [2.75, 3.05) is 0 Å². The molecule has 1 atom stereocenters. The molecule has 0 bridgehead atoms. The van der Waals surface area contributed by atoms with Gasteiger partial charge in [0.1, 0.15) is 6.07 Å². The number of ether oxygens (including phenoxy) is 1. The van der Waals surface area contributed by atoms with Gasteiger partial charge in [-0.3, -0.25) is 4.79 Å². The molecule has 3 heteroatoms. The normalized spacial score (nSPS) is 11.8. The molecular weight excluding hydrogens is 166 g/mol. The van der Waals surface area contributed by atoms with Crippen LogP contribution in [0.1, 0.15) is 46.0 Å². The Balaban J connectivity index is 3.50. The van der Waals surface area contributed by atoms with Gasteiger partial charge < -0.3 is 4.74 Å². The molecule has 0 aromatic carbocycles. The summed E-state index contributed by atoms with van der Waals surface area (Å²) in [5.74, 6) is -0.373. The van der Waals surface area contributed by atoms with Gasteiger partial charge in [0.2, 0.25) is 0 Å². The molecule has 0 aliphatic carbocycles. The van der Waals surface area contributed by atoms with E-state index in [1.54, 1.807) is 0 Å². The maximum Gasteiger partial charge on any atom is 0.303 e. The third-order valence-electron chi connectivity index (χ3n) is 1.77. The van der Waals surface area contributed by atoms with E-state index in [-0.39, 0.29) is 5.97 Å². The highest BCUT2D eigenvalue weighted by atomic mass is 16.5. The van der Waals surface area contributed by atoms with Crippen molar-refractivity contribution in [3.63, 3.8) is 0 Å². The average molecular weight is 183 g/mol. The molecule has 0 saturated heterocycles. The standard InChI is InChI=1S/C10H17NO2/c1-3-4-5-6-7-10(8-11)13-9(2)12/h10H,3-7H2,1-2H3/t10-/m1/s1. The lowest BCUT2D eigenvalue weighted by Crippen LogP contribution is -2.13. The zero-order chi connectivity index (χ0) is 10.1. The van der Waals surface area contributed by atoms with E-state index in [4.69, 9.17) is 10.00 Å². The lowest BCUT2D eigenvalue weighted by atomic mass is 10.1. The number of hydrogen-bond acceptors (Lipinski definition) is 3. The summed E-state index contributed by atoms with van der Waals surface area (Å²) in [5, 5.41) is 8.60.